The molecule has 8 heteroatoms. The predicted octanol–water partition coefficient (Wildman–Crippen LogP) is 2.04. The molecular weight excluding hydrogens is 320 g/mol. The fourth-order valence-electron chi connectivity index (χ4n) is 3.19. The van der Waals surface area contributed by atoms with E-state index in [1.54, 1.807) is 11.8 Å². The van der Waals surface area contributed by atoms with Gasteiger partial charge in [-0.2, -0.15) is 10.2 Å². The van der Waals surface area contributed by atoms with Crippen LogP contribution in [0.15, 0.2) is 0 Å². The van der Waals surface area contributed by atoms with E-state index in [1.165, 1.54) is 0 Å². The zero-order valence-electron chi connectivity index (χ0n) is 16.1. The van der Waals surface area contributed by atoms with Gasteiger partial charge in [-0.05, 0) is 27.2 Å². The summed E-state index contributed by atoms with van der Waals surface area (Å²) < 4.78 is 8.86. The SMILES string of the molecule is CC[C@@H](NC(=O)NCc1c(C)nn(C)c1OC)c1c(C)nn(C)c1C. The summed E-state index contributed by atoms with van der Waals surface area (Å²) >= 11 is 0. The molecule has 138 valence electrons. The molecule has 2 aromatic heterocycles. The van der Waals surface area contributed by atoms with Crippen LogP contribution in [0.3, 0.4) is 0 Å². The predicted molar refractivity (Wildman–Crippen MR) is 95.6 cm³/mol. The number of nitrogens with zero attached hydrogens (tertiary/aromatic N) is 4. The van der Waals surface area contributed by atoms with Crippen LogP contribution in [0.1, 0.15) is 47.6 Å². The Labute approximate surface area is 148 Å². The number of amides is 2. The summed E-state index contributed by atoms with van der Waals surface area (Å²) in [6, 6.07) is -0.301. The Morgan fingerprint density at radius 2 is 1.80 bits per heavy atom. The molecule has 2 N–H and O–H groups in total. The molecule has 0 saturated carbocycles. The van der Waals surface area contributed by atoms with Crippen molar-refractivity contribution in [3.8, 4) is 5.88 Å². The number of aromatic nitrogens is 4. The molecular formula is C17H28N6O2. The number of nitrogens with one attached hydrogen (secondary N) is 2. The summed E-state index contributed by atoms with van der Waals surface area (Å²) in [5, 5.41) is 14.7. The van der Waals surface area contributed by atoms with E-state index in [9.17, 15) is 4.79 Å². The van der Waals surface area contributed by atoms with Crippen molar-refractivity contribution in [3.05, 3.63) is 28.2 Å². The van der Waals surface area contributed by atoms with E-state index in [0.717, 1.165) is 34.6 Å². The number of hydrogen-bond acceptors (Lipinski definition) is 4. The number of methoxy groups -OCH3 is 1. The Morgan fingerprint density at radius 3 is 2.32 bits per heavy atom. The van der Waals surface area contributed by atoms with Gasteiger partial charge >= 0.3 is 6.03 Å². The number of carbonyl (C=O) groups excluding carboxylic acids is 1. The highest BCUT2D eigenvalue weighted by atomic mass is 16.5. The van der Waals surface area contributed by atoms with Crippen LogP contribution in [0, 0.1) is 20.8 Å². The molecule has 0 bridgehead atoms. The smallest absolute Gasteiger partial charge is 0.315 e. The minimum absolute atomic E-state index is 0.0782. The molecule has 2 aromatic rings. The van der Waals surface area contributed by atoms with Gasteiger partial charge < -0.3 is 15.4 Å². The second-order valence-electron chi connectivity index (χ2n) is 6.19. The normalized spacial score (nSPS) is 12.1. The van der Waals surface area contributed by atoms with Crippen molar-refractivity contribution in [1.29, 1.82) is 0 Å². The maximum atomic E-state index is 12.4. The van der Waals surface area contributed by atoms with Crippen molar-refractivity contribution in [2.75, 3.05) is 7.11 Å². The minimum atomic E-state index is -0.222. The van der Waals surface area contributed by atoms with Gasteiger partial charge in [0.15, 0.2) is 0 Å². The molecule has 0 spiro atoms. The second kappa shape index (κ2) is 7.58. The zero-order chi connectivity index (χ0) is 18.7. The average Bonchev–Trinajstić information content (AvgIpc) is 2.97. The van der Waals surface area contributed by atoms with Crippen LogP contribution in [0.5, 0.6) is 5.88 Å². The fourth-order valence-corrected chi connectivity index (χ4v) is 3.19. The Hall–Kier alpha value is -2.51. The number of hydrogen-bond donors (Lipinski definition) is 2. The maximum absolute atomic E-state index is 12.4. The highest BCUT2D eigenvalue weighted by Crippen LogP contribution is 2.24. The number of urea groups is 1. The lowest BCUT2D eigenvalue weighted by Gasteiger charge is -2.18. The lowest BCUT2D eigenvalue weighted by Crippen LogP contribution is -2.37. The van der Waals surface area contributed by atoms with E-state index in [4.69, 9.17) is 4.74 Å². The van der Waals surface area contributed by atoms with Crippen LogP contribution in [-0.2, 0) is 20.6 Å². The quantitative estimate of drug-likeness (QED) is 0.836. The highest BCUT2D eigenvalue weighted by molar-refractivity contribution is 5.74. The molecule has 0 aliphatic heterocycles. The second-order valence-corrected chi connectivity index (χ2v) is 6.19. The van der Waals surface area contributed by atoms with E-state index in [0.29, 0.717) is 12.4 Å². The van der Waals surface area contributed by atoms with E-state index in [2.05, 4.69) is 20.8 Å². The lowest BCUT2D eigenvalue weighted by molar-refractivity contribution is 0.236. The molecule has 8 nitrogen and oxygen atoms in total. The first kappa shape index (κ1) is 18.8. The first-order valence-electron chi connectivity index (χ1n) is 8.41. The Balaban J connectivity index is 2.06. The fraction of sp³-hybridized carbons (Fsp3) is 0.588. The van der Waals surface area contributed by atoms with Crippen molar-refractivity contribution in [2.24, 2.45) is 14.1 Å². The van der Waals surface area contributed by atoms with Crippen LogP contribution in [0.4, 0.5) is 4.79 Å². The molecule has 0 aliphatic carbocycles. The largest absolute Gasteiger partial charge is 0.481 e. The Bertz CT molecular complexity index is 762. The zero-order valence-corrected chi connectivity index (χ0v) is 16.1. The first-order chi connectivity index (χ1) is 11.8. The molecule has 1 atom stereocenters. The van der Waals surface area contributed by atoms with Crippen LogP contribution >= 0.6 is 0 Å². The molecule has 0 aromatic carbocycles. The van der Waals surface area contributed by atoms with E-state index in [-0.39, 0.29) is 12.1 Å². The molecule has 2 amide bonds. The van der Waals surface area contributed by atoms with Crippen molar-refractivity contribution in [1.82, 2.24) is 30.2 Å². The summed E-state index contributed by atoms with van der Waals surface area (Å²) in [5.74, 6) is 0.656. The van der Waals surface area contributed by atoms with Crippen LogP contribution in [0.25, 0.3) is 0 Å². The van der Waals surface area contributed by atoms with Gasteiger partial charge in [0.2, 0.25) is 5.88 Å². The molecule has 0 unspecified atom stereocenters. The number of ether oxygens (including phenoxy) is 1. The number of rotatable bonds is 6. The van der Waals surface area contributed by atoms with E-state index in [1.807, 2.05) is 46.5 Å². The monoisotopic (exact) mass is 348 g/mol. The third kappa shape index (κ3) is 3.78. The van der Waals surface area contributed by atoms with Crippen LogP contribution in [-0.4, -0.2) is 32.7 Å². The summed E-state index contributed by atoms with van der Waals surface area (Å²) in [7, 11) is 5.33. The van der Waals surface area contributed by atoms with Crippen molar-refractivity contribution in [2.45, 2.75) is 46.7 Å². The van der Waals surface area contributed by atoms with Crippen molar-refractivity contribution < 1.29 is 9.53 Å². The van der Waals surface area contributed by atoms with Crippen molar-refractivity contribution >= 4 is 6.03 Å². The van der Waals surface area contributed by atoms with Gasteiger partial charge in [0, 0.05) is 25.4 Å². The lowest BCUT2D eigenvalue weighted by atomic mass is 10.0. The molecule has 0 radical (unpaired) electrons. The standard InChI is InChI=1S/C17H28N6O2/c1-8-14(15-11(3)21-22(5)12(15)4)19-17(24)18-9-13-10(2)20-23(6)16(13)25-7/h14H,8-9H2,1-7H3,(H2,18,19,24)/t14-/m1/s1. The van der Waals surface area contributed by atoms with Gasteiger partial charge in [0.05, 0.1) is 36.6 Å². The molecule has 0 fully saturated rings. The van der Waals surface area contributed by atoms with Gasteiger partial charge in [-0.3, -0.25) is 4.68 Å². The summed E-state index contributed by atoms with van der Waals surface area (Å²) in [6.07, 6.45) is 0.788. The molecule has 0 aliphatic rings. The van der Waals surface area contributed by atoms with Gasteiger partial charge in [-0.1, -0.05) is 6.92 Å². The van der Waals surface area contributed by atoms with Gasteiger partial charge in [0.25, 0.3) is 0 Å². The molecule has 2 rings (SSSR count). The number of aryl methyl sites for hydroxylation is 4. The minimum Gasteiger partial charge on any atom is -0.481 e. The Morgan fingerprint density at radius 1 is 1.16 bits per heavy atom. The van der Waals surface area contributed by atoms with Gasteiger partial charge in [-0.15, -0.1) is 0 Å². The topological polar surface area (TPSA) is 86.0 Å². The summed E-state index contributed by atoms with van der Waals surface area (Å²) in [6.45, 7) is 8.28. The summed E-state index contributed by atoms with van der Waals surface area (Å²) in [5.41, 5.74) is 4.80. The molecule has 2 heterocycles. The van der Waals surface area contributed by atoms with Gasteiger partial charge in [-0.25, -0.2) is 9.48 Å². The molecule has 0 saturated heterocycles. The van der Waals surface area contributed by atoms with E-state index >= 15 is 0 Å². The third-order valence-corrected chi connectivity index (χ3v) is 4.53. The van der Waals surface area contributed by atoms with Crippen LogP contribution in [0.2, 0.25) is 0 Å². The summed E-state index contributed by atoms with van der Waals surface area (Å²) in [4.78, 5) is 12.4. The number of carbonyl (C=O) groups is 1. The first-order valence-corrected chi connectivity index (χ1v) is 8.41. The maximum Gasteiger partial charge on any atom is 0.315 e. The highest BCUT2D eigenvalue weighted by Gasteiger charge is 2.21. The average molecular weight is 348 g/mol. The van der Waals surface area contributed by atoms with E-state index < -0.39 is 0 Å². The van der Waals surface area contributed by atoms with Gasteiger partial charge in [0.1, 0.15) is 0 Å². The molecule has 25 heavy (non-hydrogen) atoms. The Kier molecular flexibility index (Phi) is 5.71. The third-order valence-electron chi connectivity index (χ3n) is 4.53. The van der Waals surface area contributed by atoms with Crippen LogP contribution < -0.4 is 15.4 Å². The van der Waals surface area contributed by atoms with Crippen molar-refractivity contribution in [3.63, 3.8) is 0 Å².